The summed E-state index contributed by atoms with van der Waals surface area (Å²) in [6.45, 7) is 0.0798. The third-order valence-corrected chi connectivity index (χ3v) is 4.13. The van der Waals surface area contributed by atoms with Gasteiger partial charge in [0.1, 0.15) is 0 Å². The van der Waals surface area contributed by atoms with Gasteiger partial charge in [0.05, 0.1) is 19.9 Å². The molecule has 6 nitrogen and oxygen atoms in total. The van der Waals surface area contributed by atoms with Gasteiger partial charge in [-0.05, 0) is 57.9 Å². The topological polar surface area (TPSA) is 83.0 Å². The summed E-state index contributed by atoms with van der Waals surface area (Å²) in [5.41, 5.74) is 3.92. The molecule has 0 fully saturated rings. The van der Waals surface area contributed by atoms with E-state index in [1.165, 1.54) is 19.4 Å². The van der Waals surface area contributed by atoms with Gasteiger partial charge in [0, 0.05) is 14.6 Å². The van der Waals surface area contributed by atoms with Crippen LogP contribution in [-0.2, 0) is 4.79 Å². The number of amides is 1. The van der Waals surface area contributed by atoms with Crippen molar-refractivity contribution in [1.82, 2.24) is 5.43 Å². The Kier molecular flexibility index (Phi) is 6.62. The molecular formula is C16H15Br2N3O3. The van der Waals surface area contributed by atoms with E-state index in [4.69, 9.17) is 4.74 Å². The van der Waals surface area contributed by atoms with Crippen LogP contribution in [0.1, 0.15) is 5.56 Å². The Hall–Kier alpha value is -2.06. The average Bonchev–Trinajstić information content (AvgIpc) is 2.55. The number of methoxy groups -OCH3 is 1. The standard InChI is InChI=1S/C16H15Br2N3O3/c1-24-15-6-10(2-5-14(15)22)8-20-21-16(23)9-19-13-4-3-11(17)7-12(13)18/h2-8,19,22H,9H2,1H3,(H,21,23)/b20-8-. The molecule has 24 heavy (non-hydrogen) atoms. The monoisotopic (exact) mass is 455 g/mol. The first-order valence-electron chi connectivity index (χ1n) is 6.87. The molecule has 0 bridgehead atoms. The third kappa shape index (κ3) is 5.24. The van der Waals surface area contributed by atoms with Crippen LogP contribution in [0.15, 0.2) is 50.4 Å². The van der Waals surface area contributed by atoms with E-state index in [0.717, 1.165) is 14.6 Å². The summed E-state index contributed by atoms with van der Waals surface area (Å²) in [5.74, 6) is 0.0989. The number of phenolic OH excluding ortho intramolecular Hbond substituents is 1. The first kappa shape index (κ1) is 18.3. The smallest absolute Gasteiger partial charge is 0.259 e. The van der Waals surface area contributed by atoms with E-state index in [9.17, 15) is 9.90 Å². The Morgan fingerprint density at radius 1 is 1.29 bits per heavy atom. The van der Waals surface area contributed by atoms with Crippen LogP contribution in [-0.4, -0.2) is 30.9 Å². The lowest BCUT2D eigenvalue weighted by atomic mass is 10.2. The molecule has 8 heteroatoms. The lowest BCUT2D eigenvalue weighted by molar-refractivity contribution is -0.119. The first-order valence-corrected chi connectivity index (χ1v) is 8.46. The summed E-state index contributed by atoms with van der Waals surface area (Å²) in [4.78, 5) is 11.8. The van der Waals surface area contributed by atoms with Crippen LogP contribution in [0.3, 0.4) is 0 Å². The summed E-state index contributed by atoms with van der Waals surface area (Å²) in [5, 5.41) is 16.4. The highest BCUT2D eigenvalue weighted by Crippen LogP contribution is 2.26. The van der Waals surface area contributed by atoms with Crippen molar-refractivity contribution in [2.24, 2.45) is 5.10 Å². The van der Waals surface area contributed by atoms with E-state index in [0.29, 0.717) is 11.3 Å². The van der Waals surface area contributed by atoms with Gasteiger partial charge in [0.2, 0.25) is 0 Å². The SMILES string of the molecule is COc1cc(/C=N\NC(=O)CNc2ccc(Br)cc2Br)ccc1O. The zero-order valence-electron chi connectivity index (χ0n) is 12.7. The average molecular weight is 457 g/mol. The number of rotatable bonds is 6. The normalized spacial score (nSPS) is 10.6. The second-order valence-corrected chi connectivity index (χ2v) is 6.47. The third-order valence-electron chi connectivity index (χ3n) is 2.98. The number of aromatic hydroxyl groups is 1. The lowest BCUT2D eigenvalue weighted by Crippen LogP contribution is -2.26. The minimum absolute atomic E-state index is 0.0444. The molecule has 0 spiro atoms. The van der Waals surface area contributed by atoms with Gasteiger partial charge in [-0.3, -0.25) is 4.79 Å². The van der Waals surface area contributed by atoms with Crippen molar-refractivity contribution in [3.8, 4) is 11.5 Å². The van der Waals surface area contributed by atoms with E-state index in [2.05, 4.69) is 47.7 Å². The van der Waals surface area contributed by atoms with E-state index >= 15 is 0 Å². The second-order valence-electron chi connectivity index (χ2n) is 4.70. The van der Waals surface area contributed by atoms with E-state index in [1.54, 1.807) is 12.1 Å². The maximum atomic E-state index is 11.8. The number of halogens is 2. The van der Waals surface area contributed by atoms with Crippen LogP contribution in [0.2, 0.25) is 0 Å². The fourth-order valence-electron chi connectivity index (χ4n) is 1.80. The zero-order valence-corrected chi connectivity index (χ0v) is 15.9. The van der Waals surface area contributed by atoms with Crippen LogP contribution in [0.25, 0.3) is 0 Å². The van der Waals surface area contributed by atoms with E-state index < -0.39 is 0 Å². The van der Waals surface area contributed by atoms with Gasteiger partial charge < -0.3 is 15.2 Å². The molecule has 0 radical (unpaired) electrons. The predicted octanol–water partition coefficient (Wildman–Crippen LogP) is 3.49. The number of carbonyl (C=O) groups excluding carboxylic acids is 1. The lowest BCUT2D eigenvalue weighted by Gasteiger charge is -2.07. The Morgan fingerprint density at radius 2 is 2.08 bits per heavy atom. The van der Waals surface area contributed by atoms with Gasteiger partial charge >= 0.3 is 0 Å². The number of hydrogen-bond donors (Lipinski definition) is 3. The molecule has 0 atom stereocenters. The van der Waals surface area contributed by atoms with Crippen LogP contribution < -0.4 is 15.5 Å². The Labute approximate surface area is 156 Å². The summed E-state index contributed by atoms with van der Waals surface area (Å²) in [7, 11) is 1.46. The largest absolute Gasteiger partial charge is 0.504 e. The van der Waals surface area contributed by atoms with Gasteiger partial charge in [0.15, 0.2) is 11.5 Å². The molecule has 0 aromatic heterocycles. The number of hydrogen-bond acceptors (Lipinski definition) is 5. The van der Waals surface area contributed by atoms with Gasteiger partial charge in [-0.15, -0.1) is 0 Å². The Morgan fingerprint density at radius 3 is 2.79 bits per heavy atom. The highest BCUT2D eigenvalue weighted by atomic mass is 79.9. The fraction of sp³-hybridized carbons (Fsp3) is 0.125. The van der Waals surface area contributed by atoms with Gasteiger partial charge in [-0.1, -0.05) is 15.9 Å². The van der Waals surface area contributed by atoms with Crippen molar-refractivity contribution in [1.29, 1.82) is 0 Å². The van der Waals surface area contributed by atoms with Crippen molar-refractivity contribution >= 4 is 49.7 Å². The predicted molar refractivity (Wildman–Crippen MR) is 101 cm³/mol. The molecule has 0 aliphatic rings. The number of benzene rings is 2. The van der Waals surface area contributed by atoms with Crippen molar-refractivity contribution < 1.29 is 14.6 Å². The van der Waals surface area contributed by atoms with Crippen LogP contribution in [0.4, 0.5) is 5.69 Å². The molecule has 0 aliphatic carbocycles. The van der Waals surface area contributed by atoms with Crippen molar-refractivity contribution in [3.63, 3.8) is 0 Å². The number of anilines is 1. The summed E-state index contributed by atoms with van der Waals surface area (Å²) < 4.78 is 6.80. The maximum absolute atomic E-state index is 11.8. The number of phenols is 1. The number of hydrazone groups is 1. The first-order chi connectivity index (χ1) is 11.5. The van der Waals surface area contributed by atoms with Gasteiger partial charge in [-0.2, -0.15) is 5.10 Å². The minimum Gasteiger partial charge on any atom is -0.504 e. The van der Waals surface area contributed by atoms with Crippen molar-refractivity contribution in [3.05, 3.63) is 50.9 Å². The molecule has 2 rings (SSSR count). The van der Waals surface area contributed by atoms with Crippen molar-refractivity contribution in [2.45, 2.75) is 0 Å². The number of nitrogens with zero attached hydrogens (tertiary/aromatic N) is 1. The maximum Gasteiger partial charge on any atom is 0.259 e. The van der Waals surface area contributed by atoms with Crippen LogP contribution >= 0.6 is 31.9 Å². The minimum atomic E-state index is -0.285. The number of carbonyl (C=O) groups is 1. The Bertz CT molecular complexity index is 766. The molecule has 0 heterocycles. The van der Waals surface area contributed by atoms with Crippen LogP contribution in [0, 0.1) is 0 Å². The molecule has 126 valence electrons. The number of nitrogens with one attached hydrogen (secondary N) is 2. The molecule has 2 aromatic carbocycles. The summed E-state index contributed by atoms with van der Waals surface area (Å²) >= 11 is 6.78. The molecule has 0 unspecified atom stereocenters. The van der Waals surface area contributed by atoms with E-state index in [-0.39, 0.29) is 18.2 Å². The number of ether oxygens (including phenoxy) is 1. The molecule has 0 saturated heterocycles. The molecule has 1 amide bonds. The molecule has 0 aliphatic heterocycles. The molecular weight excluding hydrogens is 442 g/mol. The zero-order chi connectivity index (χ0) is 17.5. The van der Waals surface area contributed by atoms with Crippen molar-refractivity contribution in [2.75, 3.05) is 19.0 Å². The molecule has 2 aromatic rings. The highest BCUT2D eigenvalue weighted by molar-refractivity contribution is 9.11. The second kappa shape index (κ2) is 8.70. The Balaban J connectivity index is 1.86. The molecule has 3 N–H and O–H groups in total. The fourth-order valence-corrected chi connectivity index (χ4v) is 2.99. The van der Waals surface area contributed by atoms with Crippen LogP contribution in [0.5, 0.6) is 11.5 Å². The van der Waals surface area contributed by atoms with Gasteiger partial charge in [0.25, 0.3) is 5.91 Å². The molecule has 0 saturated carbocycles. The summed E-state index contributed by atoms with van der Waals surface area (Å²) in [6, 6.07) is 10.4. The quantitative estimate of drug-likeness (QED) is 0.459. The van der Waals surface area contributed by atoms with E-state index in [1.807, 2.05) is 18.2 Å². The summed E-state index contributed by atoms with van der Waals surface area (Å²) in [6.07, 6.45) is 1.47. The van der Waals surface area contributed by atoms with Gasteiger partial charge in [-0.25, -0.2) is 5.43 Å². The highest BCUT2D eigenvalue weighted by Gasteiger charge is 2.04.